The molecule has 0 fully saturated rings. The highest BCUT2D eigenvalue weighted by Gasteiger charge is 2.30. The number of aryl methyl sites for hydroxylation is 2. The molecule has 1 aromatic carbocycles. The Morgan fingerprint density at radius 1 is 1.33 bits per heavy atom. The molecular formula is C24H23N5O3S. The highest BCUT2D eigenvalue weighted by atomic mass is 32.1. The quantitative estimate of drug-likeness (QED) is 0.523. The number of aromatic carboxylic acids is 1. The van der Waals surface area contributed by atoms with E-state index in [1.807, 2.05) is 24.6 Å². The molecule has 0 saturated heterocycles. The average molecular weight is 462 g/mol. The van der Waals surface area contributed by atoms with E-state index in [-0.39, 0.29) is 11.5 Å². The number of hydrogen-bond donors (Lipinski definition) is 2. The van der Waals surface area contributed by atoms with Crippen molar-refractivity contribution in [3.63, 3.8) is 0 Å². The van der Waals surface area contributed by atoms with Crippen molar-refractivity contribution in [1.29, 1.82) is 0 Å². The fourth-order valence-electron chi connectivity index (χ4n) is 3.85. The third kappa shape index (κ3) is 4.14. The Balaban J connectivity index is 1.98. The second-order valence-corrected chi connectivity index (χ2v) is 8.57. The van der Waals surface area contributed by atoms with Gasteiger partial charge in [-0.25, -0.2) is 14.5 Å². The molecule has 3 aromatic rings. The number of aliphatic imine (C=N–C) groups is 1. The van der Waals surface area contributed by atoms with Crippen LogP contribution < -0.4 is 5.32 Å². The van der Waals surface area contributed by atoms with Crippen LogP contribution in [0, 0.1) is 6.92 Å². The summed E-state index contributed by atoms with van der Waals surface area (Å²) in [5.74, 6) is -1.16. The number of nitrogens with zero attached hydrogens (tertiary/aromatic N) is 4. The van der Waals surface area contributed by atoms with Gasteiger partial charge in [-0.1, -0.05) is 24.0 Å². The highest BCUT2D eigenvalue weighted by molar-refractivity contribution is 7.19. The number of aromatic nitrogens is 3. The van der Waals surface area contributed by atoms with Gasteiger partial charge in [0.25, 0.3) is 0 Å². The zero-order valence-corrected chi connectivity index (χ0v) is 19.4. The maximum absolute atomic E-state index is 11.6. The van der Waals surface area contributed by atoms with E-state index in [1.165, 1.54) is 18.3 Å². The van der Waals surface area contributed by atoms with E-state index in [1.54, 1.807) is 30.5 Å². The van der Waals surface area contributed by atoms with Crippen LogP contribution in [-0.2, 0) is 17.6 Å². The van der Waals surface area contributed by atoms with Gasteiger partial charge in [0.15, 0.2) is 5.13 Å². The van der Waals surface area contributed by atoms with Gasteiger partial charge >= 0.3 is 5.97 Å². The number of benzene rings is 1. The molecule has 0 radical (unpaired) electrons. The number of amides is 1. The molecule has 2 heterocycles. The Labute approximate surface area is 195 Å². The number of fused-ring (bicyclic) bond motifs is 3. The number of allylic oxidation sites excluding steroid dienone is 2. The predicted octanol–water partition coefficient (Wildman–Crippen LogP) is 4.57. The summed E-state index contributed by atoms with van der Waals surface area (Å²) in [5.41, 5.74) is 5.92. The first-order valence-corrected chi connectivity index (χ1v) is 11.2. The Kier molecular flexibility index (Phi) is 6.06. The first kappa shape index (κ1) is 22.3. The predicted molar refractivity (Wildman–Crippen MR) is 130 cm³/mol. The standard InChI is InChI=1S/C24H23N5O3S/c1-5-11-25-17(6-2)20-16-8-9-18-22(33-24(27-18)26-14(4)30)21(16)29(28-20)19-10-7-15(23(31)32)12-13(19)3/h5-7,10-12H,2,8-9H2,1,3-4H3,(H,31,32)(H,26,27,30)/b11-5-,25-17?. The van der Waals surface area contributed by atoms with Gasteiger partial charge < -0.3 is 10.4 Å². The lowest BCUT2D eigenvalue weighted by molar-refractivity contribution is -0.114. The zero-order valence-electron chi connectivity index (χ0n) is 18.5. The summed E-state index contributed by atoms with van der Waals surface area (Å²) < 4.78 is 1.83. The minimum atomic E-state index is -0.982. The molecule has 0 unspecified atom stereocenters. The number of carbonyl (C=O) groups is 2. The SMILES string of the molecule is C=CC(=N/C=C\C)c1nn(-c2ccc(C(=O)O)cc2C)c2c1CCc1nc(NC(C)=O)sc1-2. The highest BCUT2D eigenvalue weighted by Crippen LogP contribution is 2.42. The Morgan fingerprint density at radius 2 is 2.12 bits per heavy atom. The Bertz CT molecular complexity index is 1350. The summed E-state index contributed by atoms with van der Waals surface area (Å²) in [6.45, 7) is 9.11. The number of thiazole rings is 1. The lowest BCUT2D eigenvalue weighted by Crippen LogP contribution is -2.08. The average Bonchev–Trinajstić information content (AvgIpc) is 3.34. The fraction of sp³-hybridized carbons (Fsp3) is 0.208. The molecule has 0 bridgehead atoms. The summed E-state index contributed by atoms with van der Waals surface area (Å²) in [6, 6.07) is 4.96. The van der Waals surface area contributed by atoms with Crippen LogP contribution in [0.15, 0.2) is 48.1 Å². The minimum Gasteiger partial charge on any atom is -0.478 e. The number of carboxylic acid groups (broad SMARTS) is 1. The molecule has 2 aromatic heterocycles. The lowest BCUT2D eigenvalue weighted by atomic mass is 9.96. The van der Waals surface area contributed by atoms with Gasteiger partial charge in [-0.15, -0.1) is 0 Å². The molecule has 9 heteroatoms. The zero-order chi connectivity index (χ0) is 23.7. The molecule has 2 N–H and O–H groups in total. The van der Waals surface area contributed by atoms with Crippen LogP contribution >= 0.6 is 11.3 Å². The van der Waals surface area contributed by atoms with Gasteiger partial charge in [0, 0.05) is 18.7 Å². The van der Waals surface area contributed by atoms with Crippen LogP contribution in [0.2, 0.25) is 0 Å². The molecule has 8 nitrogen and oxygen atoms in total. The van der Waals surface area contributed by atoms with Gasteiger partial charge in [0.05, 0.1) is 33.2 Å². The largest absolute Gasteiger partial charge is 0.478 e. The van der Waals surface area contributed by atoms with Crippen molar-refractivity contribution in [2.45, 2.75) is 33.6 Å². The monoisotopic (exact) mass is 461 g/mol. The van der Waals surface area contributed by atoms with Gasteiger partial charge in [0.1, 0.15) is 5.69 Å². The number of carboxylic acids is 1. The minimum absolute atomic E-state index is 0.178. The summed E-state index contributed by atoms with van der Waals surface area (Å²) in [5, 5.41) is 17.6. The van der Waals surface area contributed by atoms with E-state index < -0.39 is 5.97 Å². The van der Waals surface area contributed by atoms with Crippen LogP contribution in [0.4, 0.5) is 5.13 Å². The van der Waals surface area contributed by atoms with E-state index in [0.29, 0.717) is 23.7 Å². The maximum Gasteiger partial charge on any atom is 0.335 e. The molecule has 1 aliphatic rings. The van der Waals surface area contributed by atoms with Crippen molar-refractivity contribution in [3.05, 3.63) is 71.2 Å². The fourth-order valence-corrected chi connectivity index (χ4v) is 4.96. The molecule has 0 saturated carbocycles. The van der Waals surface area contributed by atoms with E-state index >= 15 is 0 Å². The van der Waals surface area contributed by atoms with E-state index in [9.17, 15) is 14.7 Å². The molecule has 1 aliphatic carbocycles. The van der Waals surface area contributed by atoms with Crippen molar-refractivity contribution in [1.82, 2.24) is 14.8 Å². The third-order valence-corrected chi connectivity index (χ3v) is 6.28. The number of carbonyl (C=O) groups excluding carboxylic acids is 1. The second-order valence-electron chi connectivity index (χ2n) is 7.57. The first-order valence-electron chi connectivity index (χ1n) is 10.4. The smallest absolute Gasteiger partial charge is 0.335 e. The van der Waals surface area contributed by atoms with Crippen molar-refractivity contribution < 1.29 is 14.7 Å². The van der Waals surface area contributed by atoms with Crippen LogP contribution in [0.3, 0.4) is 0 Å². The molecule has 0 aliphatic heterocycles. The molecular weight excluding hydrogens is 438 g/mol. The number of nitrogens with one attached hydrogen (secondary N) is 1. The molecule has 33 heavy (non-hydrogen) atoms. The molecule has 1 amide bonds. The topological polar surface area (TPSA) is 109 Å². The Hall–Kier alpha value is -3.85. The van der Waals surface area contributed by atoms with Crippen LogP contribution in [-0.4, -0.2) is 37.5 Å². The third-order valence-electron chi connectivity index (χ3n) is 5.26. The summed E-state index contributed by atoms with van der Waals surface area (Å²) in [4.78, 5) is 33.0. The second kappa shape index (κ2) is 8.95. The van der Waals surface area contributed by atoms with Crippen LogP contribution in [0.25, 0.3) is 16.3 Å². The van der Waals surface area contributed by atoms with E-state index in [0.717, 1.165) is 38.8 Å². The number of hydrogen-bond acceptors (Lipinski definition) is 6. The first-order chi connectivity index (χ1) is 15.8. The van der Waals surface area contributed by atoms with Gasteiger partial charge in [-0.2, -0.15) is 5.10 Å². The van der Waals surface area contributed by atoms with Gasteiger partial charge in [-0.3, -0.25) is 9.79 Å². The molecule has 168 valence electrons. The Morgan fingerprint density at radius 3 is 2.76 bits per heavy atom. The summed E-state index contributed by atoms with van der Waals surface area (Å²) in [6.07, 6.45) is 6.63. The molecule has 0 atom stereocenters. The van der Waals surface area contributed by atoms with Gasteiger partial charge in [-0.05, 0) is 56.5 Å². The number of anilines is 1. The lowest BCUT2D eigenvalue weighted by Gasteiger charge is -2.15. The van der Waals surface area contributed by atoms with Gasteiger partial charge in [0.2, 0.25) is 5.91 Å². The van der Waals surface area contributed by atoms with Crippen LogP contribution in [0.1, 0.15) is 46.7 Å². The van der Waals surface area contributed by atoms with E-state index in [4.69, 9.17) is 5.10 Å². The van der Waals surface area contributed by atoms with Crippen molar-refractivity contribution in [3.8, 4) is 16.3 Å². The number of rotatable bonds is 6. The molecule has 0 spiro atoms. The van der Waals surface area contributed by atoms with Crippen LogP contribution in [0.5, 0.6) is 0 Å². The summed E-state index contributed by atoms with van der Waals surface area (Å²) >= 11 is 1.40. The maximum atomic E-state index is 11.6. The summed E-state index contributed by atoms with van der Waals surface area (Å²) in [7, 11) is 0. The van der Waals surface area contributed by atoms with Crippen molar-refractivity contribution >= 4 is 34.1 Å². The normalized spacial score (nSPS) is 13.0. The molecule has 4 rings (SSSR count). The van der Waals surface area contributed by atoms with Crippen molar-refractivity contribution in [2.75, 3.05) is 5.32 Å². The van der Waals surface area contributed by atoms with Crippen molar-refractivity contribution in [2.24, 2.45) is 4.99 Å². The van der Waals surface area contributed by atoms with E-state index in [2.05, 4.69) is 21.9 Å².